The Bertz CT molecular complexity index is 1470. The van der Waals surface area contributed by atoms with Crippen molar-refractivity contribution in [3.05, 3.63) is 72.3 Å². The van der Waals surface area contributed by atoms with Crippen molar-refractivity contribution in [1.29, 1.82) is 0 Å². The van der Waals surface area contributed by atoms with E-state index in [0.717, 1.165) is 12.8 Å². The number of amides is 2. The summed E-state index contributed by atoms with van der Waals surface area (Å²) in [6.07, 6.45) is 4.62. The summed E-state index contributed by atoms with van der Waals surface area (Å²) >= 11 is 0. The van der Waals surface area contributed by atoms with Gasteiger partial charge in [-0.1, -0.05) is 24.3 Å². The van der Waals surface area contributed by atoms with Crippen LogP contribution >= 0.6 is 0 Å². The second-order valence-corrected chi connectivity index (χ2v) is 8.89. The van der Waals surface area contributed by atoms with Crippen molar-refractivity contribution >= 4 is 34.5 Å². The lowest BCUT2D eigenvalue weighted by Gasteiger charge is -2.31. The Labute approximate surface area is 212 Å². The molecule has 2 aromatic heterocycles. The first-order chi connectivity index (χ1) is 17.9. The van der Waals surface area contributed by atoms with Gasteiger partial charge in [-0.05, 0) is 42.7 Å². The fraction of sp³-hybridized carbons (Fsp3) is 0.222. The number of hydrogen-bond acceptors (Lipinski definition) is 7. The van der Waals surface area contributed by atoms with Gasteiger partial charge in [0, 0.05) is 49.6 Å². The summed E-state index contributed by atoms with van der Waals surface area (Å²) < 4.78 is 13.7. The molecular formula is C27H25FN6O3. The van der Waals surface area contributed by atoms with Crippen LogP contribution < -0.4 is 10.6 Å². The SMILES string of the molecule is CC(=O)N1CCC(Nc2ncc3c(NC(=O)c4ccccc4)ncc(-c4ccc(F)c(O)c4)c3n2)CC1. The molecule has 0 aliphatic carbocycles. The highest BCUT2D eigenvalue weighted by molar-refractivity contribution is 6.09. The van der Waals surface area contributed by atoms with E-state index in [2.05, 4.69) is 20.6 Å². The highest BCUT2D eigenvalue weighted by Crippen LogP contribution is 2.33. The molecule has 9 nitrogen and oxygen atoms in total. The number of fused-ring (bicyclic) bond motifs is 1. The monoisotopic (exact) mass is 500 g/mol. The minimum absolute atomic E-state index is 0.0603. The molecule has 2 amide bonds. The number of aromatic nitrogens is 3. The maximum atomic E-state index is 13.7. The average molecular weight is 501 g/mol. The van der Waals surface area contributed by atoms with Gasteiger partial charge in [0.15, 0.2) is 11.6 Å². The van der Waals surface area contributed by atoms with Crippen LogP contribution in [0.15, 0.2) is 60.9 Å². The molecule has 188 valence electrons. The van der Waals surface area contributed by atoms with Crippen LogP contribution in [0, 0.1) is 5.82 Å². The summed E-state index contributed by atoms with van der Waals surface area (Å²) in [5.41, 5.74) is 2.00. The molecule has 5 rings (SSSR count). The molecular weight excluding hydrogens is 475 g/mol. The number of nitrogens with zero attached hydrogens (tertiary/aromatic N) is 4. The first-order valence-corrected chi connectivity index (χ1v) is 11.9. The van der Waals surface area contributed by atoms with E-state index in [-0.39, 0.29) is 23.7 Å². The molecule has 1 aliphatic heterocycles. The smallest absolute Gasteiger partial charge is 0.256 e. The number of nitrogens with one attached hydrogen (secondary N) is 2. The van der Waals surface area contributed by atoms with Crippen molar-refractivity contribution < 1.29 is 19.1 Å². The fourth-order valence-electron chi connectivity index (χ4n) is 4.37. The molecule has 37 heavy (non-hydrogen) atoms. The van der Waals surface area contributed by atoms with Crippen molar-refractivity contribution in [3.8, 4) is 16.9 Å². The van der Waals surface area contributed by atoms with Gasteiger partial charge in [-0.25, -0.2) is 19.3 Å². The van der Waals surface area contributed by atoms with Gasteiger partial charge in [0.1, 0.15) is 5.82 Å². The van der Waals surface area contributed by atoms with Crippen LogP contribution in [0.5, 0.6) is 5.75 Å². The molecule has 0 spiro atoms. The Morgan fingerprint density at radius 1 is 1.05 bits per heavy atom. The van der Waals surface area contributed by atoms with Crippen LogP contribution in [0.2, 0.25) is 0 Å². The average Bonchev–Trinajstić information content (AvgIpc) is 2.91. The number of phenols is 1. The second kappa shape index (κ2) is 10.2. The first kappa shape index (κ1) is 24.1. The molecule has 3 N–H and O–H groups in total. The van der Waals surface area contributed by atoms with Crippen molar-refractivity contribution in [2.24, 2.45) is 0 Å². The predicted molar refractivity (Wildman–Crippen MR) is 138 cm³/mol. The summed E-state index contributed by atoms with van der Waals surface area (Å²) in [4.78, 5) is 39.8. The van der Waals surface area contributed by atoms with Crippen LogP contribution in [-0.2, 0) is 4.79 Å². The zero-order valence-electron chi connectivity index (χ0n) is 20.1. The van der Waals surface area contributed by atoms with Gasteiger partial charge in [0.25, 0.3) is 5.91 Å². The van der Waals surface area contributed by atoms with Crippen LogP contribution in [0.1, 0.15) is 30.1 Å². The first-order valence-electron chi connectivity index (χ1n) is 11.9. The van der Waals surface area contributed by atoms with Crippen LogP contribution in [-0.4, -0.2) is 55.9 Å². The molecule has 0 unspecified atom stereocenters. The molecule has 10 heteroatoms. The third-order valence-corrected chi connectivity index (χ3v) is 6.42. The van der Waals surface area contributed by atoms with Crippen LogP contribution in [0.25, 0.3) is 22.0 Å². The molecule has 3 heterocycles. The van der Waals surface area contributed by atoms with Crippen molar-refractivity contribution in [2.45, 2.75) is 25.8 Å². The molecule has 2 aromatic carbocycles. The Hall–Kier alpha value is -4.60. The lowest BCUT2D eigenvalue weighted by atomic mass is 10.0. The largest absolute Gasteiger partial charge is 0.505 e. The van der Waals surface area contributed by atoms with E-state index < -0.39 is 11.6 Å². The number of hydrogen-bond donors (Lipinski definition) is 3. The standard InChI is InChI=1S/C27H25FN6O3/c1-16(35)34-11-9-19(10-12-34)31-27-30-15-21-24(32-27)20(18-7-8-22(28)23(36)13-18)14-29-25(21)33-26(37)17-5-3-2-4-6-17/h2-8,13-15,19,36H,9-12H2,1H3,(H,29,33,37)(H,30,31,32). The molecule has 1 fully saturated rings. The molecule has 0 bridgehead atoms. The zero-order valence-corrected chi connectivity index (χ0v) is 20.1. The number of pyridine rings is 1. The molecule has 0 radical (unpaired) electrons. The van der Waals surface area contributed by atoms with Crippen molar-refractivity contribution in [2.75, 3.05) is 23.7 Å². The molecule has 0 atom stereocenters. The van der Waals surface area contributed by atoms with Gasteiger partial charge in [-0.3, -0.25) is 9.59 Å². The maximum Gasteiger partial charge on any atom is 0.256 e. The van der Waals surface area contributed by atoms with E-state index in [0.29, 0.717) is 46.6 Å². The summed E-state index contributed by atoms with van der Waals surface area (Å²) in [5, 5.41) is 16.6. The zero-order chi connectivity index (χ0) is 25.9. The highest BCUT2D eigenvalue weighted by atomic mass is 19.1. The number of carbonyl (C=O) groups excluding carboxylic acids is 2. The third kappa shape index (κ3) is 5.18. The van der Waals surface area contributed by atoms with Gasteiger partial charge in [0.2, 0.25) is 11.9 Å². The number of halogens is 1. The van der Waals surface area contributed by atoms with Crippen molar-refractivity contribution in [1.82, 2.24) is 19.9 Å². The normalized spacial score (nSPS) is 13.9. The Kier molecular flexibility index (Phi) is 6.63. The van der Waals surface area contributed by atoms with Crippen molar-refractivity contribution in [3.63, 3.8) is 0 Å². The van der Waals surface area contributed by atoms with E-state index in [9.17, 15) is 19.1 Å². The summed E-state index contributed by atoms with van der Waals surface area (Å²) in [6.45, 7) is 2.87. The molecule has 4 aromatic rings. The quantitative estimate of drug-likeness (QED) is 0.375. The number of rotatable bonds is 5. The van der Waals surface area contributed by atoms with Crippen LogP contribution in [0.4, 0.5) is 16.2 Å². The Morgan fingerprint density at radius 2 is 1.81 bits per heavy atom. The number of piperidine rings is 1. The number of anilines is 2. The fourth-order valence-corrected chi connectivity index (χ4v) is 4.37. The van der Waals surface area contributed by atoms with Gasteiger partial charge in [-0.15, -0.1) is 0 Å². The summed E-state index contributed by atoms with van der Waals surface area (Å²) in [7, 11) is 0. The van der Waals surface area contributed by atoms with Gasteiger partial charge < -0.3 is 20.6 Å². The van der Waals surface area contributed by atoms with E-state index in [1.807, 2.05) is 11.0 Å². The molecule has 1 aliphatic rings. The van der Waals surface area contributed by atoms with E-state index in [4.69, 9.17) is 4.98 Å². The van der Waals surface area contributed by atoms with Gasteiger partial charge in [0.05, 0.1) is 10.9 Å². The van der Waals surface area contributed by atoms with Crippen LogP contribution in [0.3, 0.4) is 0 Å². The van der Waals surface area contributed by atoms with Gasteiger partial charge >= 0.3 is 0 Å². The second-order valence-electron chi connectivity index (χ2n) is 8.89. The number of phenolic OH excluding ortho intramolecular Hbond substituents is 1. The lowest BCUT2D eigenvalue weighted by Crippen LogP contribution is -2.41. The van der Waals surface area contributed by atoms with E-state index in [1.165, 1.54) is 24.4 Å². The lowest BCUT2D eigenvalue weighted by molar-refractivity contribution is -0.129. The Morgan fingerprint density at radius 3 is 2.51 bits per heavy atom. The topological polar surface area (TPSA) is 120 Å². The predicted octanol–water partition coefficient (Wildman–Crippen LogP) is 4.21. The van der Waals surface area contributed by atoms with Gasteiger partial charge in [-0.2, -0.15) is 0 Å². The maximum absolute atomic E-state index is 13.7. The number of benzene rings is 2. The number of carbonyl (C=O) groups is 2. The van der Waals surface area contributed by atoms with E-state index in [1.54, 1.807) is 37.4 Å². The number of likely N-dealkylation sites (tertiary alicyclic amines) is 1. The minimum atomic E-state index is -0.735. The van der Waals surface area contributed by atoms with E-state index >= 15 is 0 Å². The molecule has 1 saturated heterocycles. The minimum Gasteiger partial charge on any atom is -0.505 e. The third-order valence-electron chi connectivity index (χ3n) is 6.42. The highest BCUT2D eigenvalue weighted by Gasteiger charge is 2.22. The number of aromatic hydroxyl groups is 1. The molecule has 0 saturated carbocycles. The summed E-state index contributed by atoms with van der Waals surface area (Å²) in [5.74, 6) is -0.835. The summed E-state index contributed by atoms with van der Waals surface area (Å²) in [6, 6.07) is 12.9. The Balaban J connectivity index is 1.51.